The zero-order chi connectivity index (χ0) is 34.1. The molecule has 3 heteroatoms. The average molecular weight is 655 g/mol. The lowest BCUT2D eigenvalue weighted by atomic mass is 10.0. The third-order valence-corrected chi connectivity index (χ3v) is 10.4. The monoisotopic (exact) mass is 654 g/mol. The van der Waals surface area contributed by atoms with Crippen molar-refractivity contribution in [3.05, 3.63) is 175 Å². The summed E-state index contributed by atoms with van der Waals surface area (Å²) in [5, 5.41) is 6.05. The van der Waals surface area contributed by atoms with Crippen molar-refractivity contribution in [1.29, 1.82) is 0 Å². The molecule has 10 rings (SSSR count). The molecule has 3 aromatic heterocycles. The van der Waals surface area contributed by atoms with Gasteiger partial charge in [0, 0.05) is 49.6 Å². The summed E-state index contributed by atoms with van der Waals surface area (Å²) in [5.74, 6) is 0. The van der Waals surface area contributed by atoms with E-state index >= 15 is 0 Å². The number of nitrogens with zero attached hydrogens (tertiary/aromatic N) is 2. The Bertz CT molecular complexity index is 2970. The molecule has 0 aliphatic rings. The molecule has 10 aromatic rings. The van der Waals surface area contributed by atoms with Crippen molar-refractivity contribution in [2.45, 2.75) is 13.8 Å². The largest absolute Gasteiger partial charge is 0.456 e. The first-order valence-electron chi connectivity index (χ1n) is 17.6. The molecular weight excluding hydrogens is 621 g/mol. The van der Waals surface area contributed by atoms with E-state index in [0.29, 0.717) is 0 Å². The van der Waals surface area contributed by atoms with Gasteiger partial charge in [0.1, 0.15) is 11.2 Å². The molecule has 0 atom stereocenters. The minimum absolute atomic E-state index is 0.914. The summed E-state index contributed by atoms with van der Waals surface area (Å²) >= 11 is 0. The number of aromatic nitrogens is 2. The molecule has 0 aliphatic carbocycles. The minimum atomic E-state index is 0.914. The molecule has 0 amide bonds. The van der Waals surface area contributed by atoms with E-state index in [2.05, 4.69) is 181 Å². The lowest BCUT2D eigenvalue weighted by molar-refractivity contribution is 0.669. The highest BCUT2D eigenvalue weighted by Gasteiger charge is 2.17. The summed E-state index contributed by atoms with van der Waals surface area (Å²) in [7, 11) is 0. The van der Waals surface area contributed by atoms with Crippen molar-refractivity contribution < 1.29 is 4.42 Å². The molecule has 0 spiro atoms. The van der Waals surface area contributed by atoms with Gasteiger partial charge in [0.2, 0.25) is 0 Å². The third-order valence-electron chi connectivity index (χ3n) is 10.4. The Morgan fingerprint density at radius 1 is 0.431 bits per heavy atom. The van der Waals surface area contributed by atoms with Crippen LogP contribution in [0.3, 0.4) is 0 Å². The van der Waals surface area contributed by atoms with Crippen molar-refractivity contribution in [3.8, 4) is 33.6 Å². The molecule has 3 heterocycles. The van der Waals surface area contributed by atoms with E-state index in [1.54, 1.807) is 0 Å². The van der Waals surface area contributed by atoms with Gasteiger partial charge in [-0.1, -0.05) is 103 Å². The summed E-state index contributed by atoms with van der Waals surface area (Å²) in [6.45, 7) is 4.31. The second-order valence-electron chi connectivity index (χ2n) is 13.3. The zero-order valence-corrected chi connectivity index (χ0v) is 28.5. The van der Waals surface area contributed by atoms with Gasteiger partial charge in [-0.2, -0.15) is 0 Å². The Hall–Kier alpha value is -6.58. The van der Waals surface area contributed by atoms with Crippen LogP contribution in [0, 0.1) is 6.92 Å². The molecule has 0 saturated carbocycles. The lowest BCUT2D eigenvalue weighted by Crippen LogP contribution is -1.97. The summed E-state index contributed by atoms with van der Waals surface area (Å²) in [4.78, 5) is 0. The normalized spacial score (nSPS) is 12.0. The topological polar surface area (TPSA) is 23.0 Å². The van der Waals surface area contributed by atoms with Crippen LogP contribution in [0.15, 0.2) is 168 Å². The Morgan fingerprint density at radius 3 is 1.88 bits per heavy atom. The Labute approximate surface area is 295 Å². The Kier molecular flexibility index (Phi) is 6.62. The molecule has 0 N–H and O–H groups in total. The Morgan fingerprint density at radius 2 is 1.04 bits per heavy atom. The van der Waals surface area contributed by atoms with Crippen molar-refractivity contribution in [3.63, 3.8) is 0 Å². The fraction of sp³-hybridized carbons (Fsp3) is 0.0417. The first-order chi connectivity index (χ1) is 25.2. The van der Waals surface area contributed by atoms with Crippen molar-refractivity contribution >= 4 is 60.7 Å². The van der Waals surface area contributed by atoms with E-state index < -0.39 is 0 Å². The summed E-state index contributed by atoms with van der Waals surface area (Å²) in [6.07, 6.45) is 4.36. The van der Waals surface area contributed by atoms with E-state index in [1.165, 1.54) is 71.9 Å². The van der Waals surface area contributed by atoms with Crippen LogP contribution in [0.25, 0.3) is 94.4 Å². The van der Waals surface area contributed by atoms with Crippen molar-refractivity contribution in [1.82, 2.24) is 9.13 Å². The van der Waals surface area contributed by atoms with Crippen LogP contribution in [-0.2, 0) is 0 Å². The van der Waals surface area contributed by atoms with E-state index in [4.69, 9.17) is 4.42 Å². The quantitative estimate of drug-likeness (QED) is 0.181. The summed E-state index contributed by atoms with van der Waals surface area (Å²) in [6, 6.07) is 56.9. The van der Waals surface area contributed by atoms with Gasteiger partial charge in [0.25, 0.3) is 0 Å². The van der Waals surface area contributed by atoms with Crippen molar-refractivity contribution in [2.24, 2.45) is 0 Å². The highest BCUT2D eigenvalue weighted by molar-refractivity contribution is 6.10. The number of para-hydroxylation sites is 3. The van der Waals surface area contributed by atoms with Crippen LogP contribution in [0.4, 0.5) is 0 Å². The fourth-order valence-corrected chi connectivity index (χ4v) is 8.05. The number of hydrogen-bond acceptors (Lipinski definition) is 1. The second-order valence-corrected chi connectivity index (χ2v) is 13.3. The number of rotatable bonds is 5. The van der Waals surface area contributed by atoms with Gasteiger partial charge in [-0.15, -0.1) is 0 Å². The maximum atomic E-state index is 6.12. The molecule has 51 heavy (non-hydrogen) atoms. The van der Waals surface area contributed by atoms with Gasteiger partial charge in [-0.3, -0.25) is 0 Å². The molecule has 7 aromatic carbocycles. The molecule has 0 fully saturated rings. The van der Waals surface area contributed by atoms with E-state index in [0.717, 1.165) is 27.6 Å². The van der Waals surface area contributed by atoms with Crippen LogP contribution in [0.2, 0.25) is 0 Å². The number of benzene rings is 7. The predicted octanol–water partition coefficient (Wildman–Crippen LogP) is 13.3. The van der Waals surface area contributed by atoms with Crippen LogP contribution in [-0.4, -0.2) is 9.13 Å². The molecular formula is C48H34N2O. The van der Waals surface area contributed by atoms with Gasteiger partial charge in [-0.25, -0.2) is 0 Å². The molecule has 0 radical (unpaired) electrons. The smallest absolute Gasteiger partial charge is 0.135 e. The fourth-order valence-electron chi connectivity index (χ4n) is 8.05. The van der Waals surface area contributed by atoms with Crippen LogP contribution < -0.4 is 0 Å². The van der Waals surface area contributed by atoms with Gasteiger partial charge in [0.15, 0.2) is 0 Å². The van der Waals surface area contributed by atoms with Gasteiger partial charge in [-0.05, 0) is 103 Å². The maximum absolute atomic E-state index is 6.12. The third kappa shape index (κ3) is 4.59. The molecule has 3 nitrogen and oxygen atoms in total. The average Bonchev–Trinajstić information content (AvgIpc) is 3.81. The van der Waals surface area contributed by atoms with Gasteiger partial charge < -0.3 is 13.6 Å². The minimum Gasteiger partial charge on any atom is -0.456 e. The highest BCUT2D eigenvalue weighted by atomic mass is 16.3. The van der Waals surface area contributed by atoms with E-state index in [1.807, 2.05) is 12.1 Å². The molecule has 242 valence electrons. The summed E-state index contributed by atoms with van der Waals surface area (Å²) < 4.78 is 10.9. The van der Waals surface area contributed by atoms with Gasteiger partial charge >= 0.3 is 0 Å². The van der Waals surface area contributed by atoms with Gasteiger partial charge in [0.05, 0.1) is 16.6 Å². The highest BCUT2D eigenvalue weighted by Crippen LogP contribution is 2.38. The predicted molar refractivity (Wildman–Crippen MR) is 215 cm³/mol. The SMILES string of the molecule is C/C=C\c1c(C)n(-c2ccc(-c3ccc4c(c3)c3ccccc3n4-c3ccccc3)cc2)c2cc(-c3ccc4oc5ccccc5c4c3)ccc12. The molecule has 0 aliphatic heterocycles. The molecule has 0 unspecified atom stereocenters. The first-order valence-corrected chi connectivity index (χ1v) is 17.6. The van der Waals surface area contributed by atoms with E-state index in [-0.39, 0.29) is 0 Å². The lowest BCUT2D eigenvalue weighted by Gasteiger charge is -2.12. The first kappa shape index (κ1) is 29.3. The maximum Gasteiger partial charge on any atom is 0.135 e. The summed E-state index contributed by atoms with van der Waals surface area (Å²) in [5.41, 5.74) is 15.0. The van der Waals surface area contributed by atoms with Crippen LogP contribution in [0.5, 0.6) is 0 Å². The zero-order valence-electron chi connectivity index (χ0n) is 28.5. The van der Waals surface area contributed by atoms with Crippen LogP contribution in [0.1, 0.15) is 18.2 Å². The Balaban J connectivity index is 1.08. The van der Waals surface area contributed by atoms with Crippen molar-refractivity contribution in [2.75, 3.05) is 0 Å². The molecule has 0 saturated heterocycles. The van der Waals surface area contributed by atoms with E-state index in [9.17, 15) is 0 Å². The number of furan rings is 1. The molecule has 0 bridgehead atoms. The van der Waals surface area contributed by atoms with Crippen LogP contribution >= 0.6 is 0 Å². The number of hydrogen-bond donors (Lipinski definition) is 0. The number of allylic oxidation sites excluding steroid dienone is 1. The second kappa shape index (κ2) is 11.5. The number of fused-ring (bicyclic) bond motifs is 7. The standard InChI is InChI=1S/C48H34N2O/c1-3-11-38-31(2)49(46-30-35(20-25-40(38)46)34-22-27-48-43(29-34)41-15-8-10-17-47(41)51-48)37-23-18-32(19-24-37)33-21-26-45-42(28-33)39-14-7-9-16-44(39)50(45)36-12-5-4-6-13-36/h3-30H,1-2H3/b11-3-.